The zero-order valence-electron chi connectivity index (χ0n) is 13.7. The lowest BCUT2D eigenvalue weighted by atomic mass is 10.0. The SMILES string of the molecule is O=C(Cc1cccc(C2CC2)c1)N1CCS(=O)(=O)[C@H]2COCC[C@@H]21. The molecular formula is C18H23NO4S. The lowest BCUT2D eigenvalue weighted by Gasteiger charge is -2.43. The predicted molar refractivity (Wildman–Crippen MR) is 90.6 cm³/mol. The molecule has 1 aromatic rings. The van der Waals surface area contributed by atoms with Crippen LogP contribution in [0.2, 0.25) is 0 Å². The summed E-state index contributed by atoms with van der Waals surface area (Å²) in [6.07, 6.45) is 3.44. The van der Waals surface area contributed by atoms with Gasteiger partial charge in [-0.15, -0.1) is 0 Å². The Balaban J connectivity index is 1.50. The Morgan fingerprint density at radius 1 is 1.25 bits per heavy atom. The summed E-state index contributed by atoms with van der Waals surface area (Å²) in [5.41, 5.74) is 2.35. The van der Waals surface area contributed by atoms with Crippen LogP contribution in [-0.4, -0.2) is 56.0 Å². The molecule has 3 aliphatic rings. The summed E-state index contributed by atoms with van der Waals surface area (Å²) in [5.74, 6) is 0.751. The first-order valence-corrected chi connectivity index (χ1v) is 10.4. The summed E-state index contributed by atoms with van der Waals surface area (Å²) in [5, 5.41) is -0.554. The molecule has 1 amide bonds. The van der Waals surface area contributed by atoms with E-state index in [1.165, 1.54) is 18.4 Å². The van der Waals surface area contributed by atoms with Gasteiger partial charge in [-0.25, -0.2) is 8.42 Å². The van der Waals surface area contributed by atoms with Crippen molar-refractivity contribution < 1.29 is 17.9 Å². The van der Waals surface area contributed by atoms with Crippen molar-refractivity contribution in [2.45, 2.75) is 42.9 Å². The molecule has 1 aromatic carbocycles. The maximum atomic E-state index is 12.8. The number of benzene rings is 1. The van der Waals surface area contributed by atoms with Crippen LogP contribution in [0.5, 0.6) is 0 Å². The number of fused-ring (bicyclic) bond motifs is 1. The van der Waals surface area contributed by atoms with Gasteiger partial charge < -0.3 is 9.64 Å². The quantitative estimate of drug-likeness (QED) is 0.830. The molecule has 0 aromatic heterocycles. The lowest BCUT2D eigenvalue weighted by Crippen LogP contribution is -2.60. The van der Waals surface area contributed by atoms with Gasteiger partial charge in [-0.3, -0.25) is 4.79 Å². The van der Waals surface area contributed by atoms with Crippen molar-refractivity contribution in [1.29, 1.82) is 0 Å². The van der Waals surface area contributed by atoms with E-state index in [0.717, 1.165) is 5.56 Å². The summed E-state index contributed by atoms with van der Waals surface area (Å²) >= 11 is 0. The van der Waals surface area contributed by atoms with Crippen molar-refractivity contribution in [1.82, 2.24) is 4.90 Å². The van der Waals surface area contributed by atoms with Gasteiger partial charge in [0.2, 0.25) is 5.91 Å². The number of ether oxygens (including phenoxy) is 1. The fourth-order valence-corrected chi connectivity index (χ4v) is 5.72. The maximum Gasteiger partial charge on any atom is 0.227 e. The van der Waals surface area contributed by atoms with Gasteiger partial charge in [-0.05, 0) is 36.3 Å². The number of rotatable bonds is 3. The molecule has 0 unspecified atom stereocenters. The molecule has 5 nitrogen and oxygen atoms in total. The highest BCUT2D eigenvalue weighted by molar-refractivity contribution is 7.92. The predicted octanol–water partition coefficient (Wildman–Crippen LogP) is 1.52. The third-order valence-corrected chi connectivity index (χ3v) is 7.55. The van der Waals surface area contributed by atoms with Gasteiger partial charge in [-0.1, -0.05) is 24.3 Å². The molecule has 0 spiro atoms. The Labute approximate surface area is 142 Å². The zero-order chi connectivity index (χ0) is 16.7. The van der Waals surface area contributed by atoms with Crippen LogP contribution in [0, 0.1) is 0 Å². The molecule has 1 aliphatic carbocycles. The highest BCUT2D eigenvalue weighted by atomic mass is 32.2. The van der Waals surface area contributed by atoms with E-state index in [4.69, 9.17) is 4.74 Å². The molecule has 3 fully saturated rings. The van der Waals surface area contributed by atoms with Crippen LogP contribution in [-0.2, 0) is 25.8 Å². The van der Waals surface area contributed by atoms with E-state index in [1.54, 1.807) is 4.90 Å². The first-order valence-electron chi connectivity index (χ1n) is 8.72. The van der Waals surface area contributed by atoms with Crippen LogP contribution < -0.4 is 0 Å². The summed E-state index contributed by atoms with van der Waals surface area (Å²) < 4.78 is 29.9. The largest absolute Gasteiger partial charge is 0.380 e. The van der Waals surface area contributed by atoms with Gasteiger partial charge in [0, 0.05) is 13.2 Å². The number of nitrogens with zero attached hydrogens (tertiary/aromatic N) is 1. The minimum Gasteiger partial charge on any atom is -0.380 e. The van der Waals surface area contributed by atoms with Crippen LogP contribution in [0.3, 0.4) is 0 Å². The molecule has 6 heteroatoms. The molecule has 4 rings (SSSR count). The zero-order valence-corrected chi connectivity index (χ0v) is 14.5. The van der Waals surface area contributed by atoms with Crippen molar-refractivity contribution in [2.75, 3.05) is 25.5 Å². The third-order valence-electron chi connectivity index (χ3n) is 5.42. The van der Waals surface area contributed by atoms with Crippen molar-refractivity contribution in [3.63, 3.8) is 0 Å². The average Bonchev–Trinajstić information content (AvgIpc) is 3.40. The second kappa shape index (κ2) is 6.15. The van der Waals surface area contributed by atoms with Crippen LogP contribution in [0.15, 0.2) is 24.3 Å². The molecule has 0 N–H and O–H groups in total. The second-order valence-corrected chi connectivity index (χ2v) is 9.46. The first kappa shape index (κ1) is 16.1. The number of sulfone groups is 1. The highest BCUT2D eigenvalue weighted by Crippen LogP contribution is 2.40. The fraction of sp³-hybridized carbons (Fsp3) is 0.611. The van der Waals surface area contributed by atoms with Gasteiger partial charge in [0.15, 0.2) is 9.84 Å². The lowest BCUT2D eigenvalue weighted by molar-refractivity contribution is -0.134. The summed E-state index contributed by atoms with van der Waals surface area (Å²) in [6, 6.07) is 8.06. The standard InChI is InChI=1S/C18H23NO4S/c20-18(11-13-2-1-3-15(10-13)14-4-5-14)19-7-9-24(21,22)17-12-23-8-6-16(17)19/h1-3,10,14,16-17H,4-9,11-12H2/t16-,17-/m0/s1. The summed E-state index contributed by atoms with van der Waals surface area (Å²) in [4.78, 5) is 14.6. The van der Waals surface area contributed by atoms with E-state index in [-0.39, 0.29) is 24.3 Å². The van der Waals surface area contributed by atoms with E-state index in [2.05, 4.69) is 12.1 Å². The number of hydrogen-bond acceptors (Lipinski definition) is 4. The highest BCUT2D eigenvalue weighted by Gasteiger charge is 2.44. The van der Waals surface area contributed by atoms with Crippen molar-refractivity contribution in [3.05, 3.63) is 35.4 Å². The topological polar surface area (TPSA) is 63.7 Å². The van der Waals surface area contributed by atoms with E-state index < -0.39 is 15.1 Å². The monoisotopic (exact) mass is 349 g/mol. The molecule has 1 saturated carbocycles. The maximum absolute atomic E-state index is 12.8. The third kappa shape index (κ3) is 3.09. The fourth-order valence-electron chi connectivity index (χ4n) is 3.90. The second-order valence-electron chi connectivity index (χ2n) is 7.12. The summed E-state index contributed by atoms with van der Waals surface area (Å²) in [7, 11) is -3.15. The molecule has 0 radical (unpaired) electrons. The van der Waals surface area contributed by atoms with Gasteiger partial charge in [0.1, 0.15) is 5.25 Å². The Bertz CT molecular complexity index is 741. The van der Waals surface area contributed by atoms with E-state index in [1.807, 2.05) is 12.1 Å². The number of carbonyl (C=O) groups is 1. The first-order chi connectivity index (χ1) is 11.5. The smallest absolute Gasteiger partial charge is 0.227 e. The van der Waals surface area contributed by atoms with Gasteiger partial charge in [0.25, 0.3) is 0 Å². The molecule has 2 atom stereocenters. The Morgan fingerprint density at radius 2 is 2.08 bits per heavy atom. The van der Waals surface area contributed by atoms with Crippen molar-refractivity contribution in [3.8, 4) is 0 Å². The molecule has 2 heterocycles. The van der Waals surface area contributed by atoms with Crippen LogP contribution in [0.4, 0.5) is 0 Å². The number of carbonyl (C=O) groups excluding carboxylic acids is 1. The molecule has 0 bridgehead atoms. The van der Waals surface area contributed by atoms with Gasteiger partial charge >= 0.3 is 0 Å². The number of hydrogen-bond donors (Lipinski definition) is 0. The number of amides is 1. The molecular weight excluding hydrogens is 326 g/mol. The molecule has 130 valence electrons. The van der Waals surface area contributed by atoms with Crippen molar-refractivity contribution >= 4 is 15.7 Å². The minimum atomic E-state index is -3.15. The minimum absolute atomic E-state index is 0.0368. The van der Waals surface area contributed by atoms with Gasteiger partial charge in [0.05, 0.1) is 24.8 Å². The van der Waals surface area contributed by atoms with Crippen LogP contribution in [0.1, 0.15) is 36.3 Å². The van der Waals surface area contributed by atoms with Crippen LogP contribution in [0.25, 0.3) is 0 Å². The van der Waals surface area contributed by atoms with E-state index in [0.29, 0.717) is 31.9 Å². The molecule has 2 aliphatic heterocycles. The Hall–Kier alpha value is -1.40. The van der Waals surface area contributed by atoms with Crippen LogP contribution >= 0.6 is 0 Å². The van der Waals surface area contributed by atoms with E-state index >= 15 is 0 Å². The average molecular weight is 349 g/mol. The van der Waals surface area contributed by atoms with E-state index in [9.17, 15) is 13.2 Å². The normalized spacial score (nSPS) is 29.1. The van der Waals surface area contributed by atoms with Gasteiger partial charge in [-0.2, -0.15) is 0 Å². The Kier molecular flexibility index (Phi) is 4.12. The molecule has 2 saturated heterocycles. The molecule has 24 heavy (non-hydrogen) atoms. The Morgan fingerprint density at radius 3 is 2.88 bits per heavy atom. The van der Waals surface area contributed by atoms with Crippen molar-refractivity contribution in [2.24, 2.45) is 0 Å². The summed E-state index contributed by atoms with van der Waals surface area (Å²) in [6.45, 7) is 1.05.